The summed E-state index contributed by atoms with van der Waals surface area (Å²) >= 11 is 0. The number of anilines is 1. The second-order valence-corrected chi connectivity index (χ2v) is 7.71. The lowest BCUT2D eigenvalue weighted by atomic mass is 10.2. The van der Waals surface area contributed by atoms with Crippen LogP contribution in [0.3, 0.4) is 0 Å². The Morgan fingerprint density at radius 3 is 2.22 bits per heavy atom. The zero-order chi connectivity index (χ0) is 17.6. The number of carbonyl (C=O) groups is 2. The van der Waals surface area contributed by atoms with Crippen LogP contribution in [0.5, 0.6) is 0 Å². The van der Waals surface area contributed by atoms with E-state index in [0.717, 1.165) is 4.31 Å². The molecule has 0 heterocycles. The molecule has 0 bridgehead atoms. The van der Waals surface area contributed by atoms with Gasteiger partial charge in [0.25, 0.3) is 0 Å². The van der Waals surface area contributed by atoms with Crippen molar-refractivity contribution in [2.75, 3.05) is 25.5 Å². The molecule has 0 aromatic heterocycles. The van der Waals surface area contributed by atoms with Crippen LogP contribution in [0.1, 0.15) is 20.8 Å². The molecule has 0 fully saturated rings. The van der Waals surface area contributed by atoms with E-state index >= 15 is 0 Å². The van der Waals surface area contributed by atoms with Crippen LogP contribution in [-0.2, 0) is 19.6 Å². The fourth-order valence-electron chi connectivity index (χ4n) is 1.75. The van der Waals surface area contributed by atoms with Gasteiger partial charge in [0.2, 0.25) is 21.8 Å². The van der Waals surface area contributed by atoms with Gasteiger partial charge in [0.15, 0.2) is 0 Å². The largest absolute Gasteiger partial charge is 0.355 e. The highest BCUT2D eigenvalue weighted by Gasteiger charge is 2.22. The number of amides is 2. The molecule has 0 saturated carbocycles. The summed E-state index contributed by atoms with van der Waals surface area (Å²) in [5.74, 6) is -0.290. The zero-order valence-corrected chi connectivity index (χ0v) is 14.6. The predicted octanol–water partition coefficient (Wildman–Crippen LogP) is 1.04. The van der Waals surface area contributed by atoms with Crippen molar-refractivity contribution in [3.63, 3.8) is 0 Å². The third-order valence-corrected chi connectivity index (χ3v) is 4.77. The van der Waals surface area contributed by atoms with Gasteiger partial charge >= 0.3 is 0 Å². The number of nitrogens with zero attached hydrogens (tertiary/aromatic N) is 1. The number of hydrogen-bond acceptors (Lipinski definition) is 4. The number of nitrogens with one attached hydrogen (secondary N) is 2. The molecule has 1 aromatic rings. The molecular weight excluding hydrogens is 318 g/mol. The lowest BCUT2D eigenvalue weighted by Crippen LogP contribution is -2.39. The van der Waals surface area contributed by atoms with Gasteiger partial charge in [-0.1, -0.05) is 13.8 Å². The quantitative estimate of drug-likeness (QED) is 0.774. The average molecular weight is 341 g/mol. The molecule has 23 heavy (non-hydrogen) atoms. The first kappa shape index (κ1) is 19.1. The maximum Gasteiger partial charge on any atom is 0.243 e. The average Bonchev–Trinajstić information content (AvgIpc) is 2.45. The predicted molar refractivity (Wildman–Crippen MR) is 88.4 cm³/mol. The normalized spacial score (nSPS) is 11.6. The van der Waals surface area contributed by atoms with Crippen molar-refractivity contribution >= 4 is 27.5 Å². The van der Waals surface area contributed by atoms with Crippen LogP contribution in [0, 0.1) is 5.92 Å². The highest BCUT2D eigenvalue weighted by atomic mass is 32.2. The summed E-state index contributed by atoms with van der Waals surface area (Å²) in [5, 5.41) is 5.24. The van der Waals surface area contributed by atoms with Crippen LogP contribution in [0.25, 0.3) is 0 Å². The van der Waals surface area contributed by atoms with Crippen molar-refractivity contribution in [1.82, 2.24) is 9.62 Å². The maximum atomic E-state index is 12.4. The highest BCUT2D eigenvalue weighted by Crippen LogP contribution is 2.17. The fraction of sp³-hybridized carbons (Fsp3) is 0.467. The van der Waals surface area contributed by atoms with Gasteiger partial charge in [-0.05, 0) is 30.2 Å². The Morgan fingerprint density at radius 2 is 1.74 bits per heavy atom. The Kier molecular flexibility index (Phi) is 6.71. The molecule has 0 spiro atoms. The van der Waals surface area contributed by atoms with E-state index in [4.69, 9.17) is 0 Å². The van der Waals surface area contributed by atoms with E-state index in [2.05, 4.69) is 10.6 Å². The minimum atomic E-state index is -3.76. The van der Waals surface area contributed by atoms with Crippen LogP contribution in [0.2, 0.25) is 0 Å². The summed E-state index contributed by atoms with van der Waals surface area (Å²) in [4.78, 5) is 22.8. The molecule has 0 unspecified atom stereocenters. The third-order valence-electron chi connectivity index (χ3n) is 2.96. The molecular formula is C15H23N3O4S. The van der Waals surface area contributed by atoms with Crippen molar-refractivity contribution < 1.29 is 18.0 Å². The van der Waals surface area contributed by atoms with E-state index in [-0.39, 0.29) is 23.3 Å². The van der Waals surface area contributed by atoms with E-state index < -0.39 is 10.0 Å². The van der Waals surface area contributed by atoms with Gasteiger partial charge in [-0.3, -0.25) is 9.59 Å². The molecule has 0 aliphatic heterocycles. The van der Waals surface area contributed by atoms with Gasteiger partial charge in [-0.25, -0.2) is 8.42 Å². The van der Waals surface area contributed by atoms with Gasteiger partial charge in [0, 0.05) is 26.2 Å². The SMILES string of the molecule is CC(=O)Nc1ccc(S(=O)(=O)N(C)CC(=O)NCC(C)C)cc1. The molecule has 0 saturated heterocycles. The number of likely N-dealkylation sites (N-methyl/N-ethyl adjacent to an activating group) is 1. The first-order valence-corrected chi connectivity index (χ1v) is 8.67. The second-order valence-electron chi connectivity index (χ2n) is 5.66. The van der Waals surface area contributed by atoms with Crippen molar-refractivity contribution in [3.05, 3.63) is 24.3 Å². The van der Waals surface area contributed by atoms with Crippen molar-refractivity contribution in [2.24, 2.45) is 5.92 Å². The molecule has 1 aromatic carbocycles. The van der Waals surface area contributed by atoms with Gasteiger partial charge in [-0.2, -0.15) is 4.31 Å². The van der Waals surface area contributed by atoms with E-state index in [1.54, 1.807) is 0 Å². The summed E-state index contributed by atoms with van der Waals surface area (Å²) in [6, 6.07) is 5.79. The number of sulfonamides is 1. The third kappa shape index (κ3) is 5.99. The van der Waals surface area contributed by atoms with Crippen molar-refractivity contribution in [1.29, 1.82) is 0 Å². The molecule has 0 radical (unpaired) electrons. The van der Waals surface area contributed by atoms with Gasteiger partial charge in [0.1, 0.15) is 0 Å². The number of rotatable bonds is 7. The van der Waals surface area contributed by atoms with Crippen LogP contribution in [0.4, 0.5) is 5.69 Å². The Bertz CT molecular complexity index is 654. The first-order valence-electron chi connectivity index (χ1n) is 7.23. The fourth-order valence-corrected chi connectivity index (χ4v) is 2.88. The highest BCUT2D eigenvalue weighted by molar-refractivity contribution is 7.89. The van der Waals surface area contributed by atoms with Gasteiger partial charge in [0.05, 0.1) is 11.4 Å². The topological polar surface area (TPSA) is 95.6 Å². The van der Waals surface area contributed by atoms with Crippen LogP contribution in [0.15, 0.2) is 29.2 Å². The minimum absolute atomic E-state index is 0.0609. The van der Waals surface area contributed by atoms with Crippen molar-refractivity contribution in [2.45, 2.75) is 25.7 Å². The zero-order valence-electron chi connectivity index (χ0n) is 13.8. The van der Waals surface area contributed by atoms with Crippen LogP contribution >= 0.6 is 0 Å². The number of carbonyl (C=O) groups excluding carboxylic acids is 2. The number of benzene rings is 1. The van der Waals surface area contributed by atoms with E-state index in [9.17, 15) is 18.0 Å². The molecule has 0 aliphatic carbocycles. The van der Waals surface area contributed by atoms with Gasteiger partial charge < -0.3 is 10.6 Å². The molecule has 0 atom stereocenters. The molecule has 8 heteroatoms. The lowest BCUT2D eigenvalue weighted by Gasteiger charge is -2.17. The molecule has 2 N–H and O–H groups in total. The van der Waals surface area contributed by atoms with Gasteiger partial charge in [-0.15, -0.1) is 0 Å². The summed E-state index contributed by atoms with van der Waals surface area (Å²) in [6.45, 7) is 5.53. The second kappa shape index (κ2) is 8.07. The first-order chi connectivity index (χ1) is 10.6. The van der Waals surface area contributed by atoms with E-state index in [1.807, 2.05) is 13.8 Å². The monoisotopic (exact) mass is 341 g/mol. The van der Waals surface area contributed by atoms with Crippen molar-refractivity contribution in [3.8, 4) is 0 Å². The summed E-state index contributed by atoms with van der Waals surface area (Å²) < 4.78 is 25.8. The molecule has 0 aliphatic rings. The lowest BCUT2D eigenvalue weighted by molar-refractivity contribution is -0.121. The number of hydrogen-bond donors (Lipinski definition) is 2. The molecule has 7 nitrogen and oxygen atoms in total. The van der Waals surface area contributed by atoms with E-state index in [0.29, 0.717) is 18.2 Å². The van der Waals surface area contributed by atoms with Crippen LogP contribution < -0.4 is 10.6 Å². The Hall–Kier alpha value is -1.93. The Balaban J connectivity index is 2.77. The van der Waals surface area contributed by atoms with E-state index in [1.165, 1.54) is 38.2 Å². The standard InChI is InChI=1S/C15H23N3O4S/c1-11(2)9-16-15(20)10-18(4)23(21,22)14-7-5-13(6-8-14)17-12(3)19/h5-8,11H,9-10H2,1-4H3,(H,16,20)(H,17,19). The maximum absolute atomic E-state index is 12.4. The summed E-state index contributed by atoms with van der Waals surface area (Å²) in [7, 11) is -2.40. The molecule has 2 amide bonds. The minimum Gasteiger partial charge on any atom is -0.355 e. The van der Waals surface area contributed by atoms with Crippen LogP contribution in [-0.4, -0.2) is 44.7 Å². The summed E-state index contributed by atoms with van der Waals surface area (Å²) in [6.07, 6.45) is 0. The summed E-state index contributed by atoms with van der Waals surface area (Å²) in [5.41, 5.74) is 0.508. The smallest absolute Gasteiger partial charge is 0.243 e. The molecule has 128 valence electrons. The Labute approximate surface area is 137 Å². The molecule has 1 rings (SSSR count). The Morgan fingerprint density at radius 1 is 1.17 bits per heavy atom.